The Morgan fingerprint density at radius 3 is 1.15 bits per heavy atom. The molecule has 0 spiro atoms. The summed E-state index contributed by atoms with van der Waals surface area (Å²) in [6.07, 6.45) is 17.8. The molecule has 0 bridgehead atoms. The molecule has 0 amide bonds. The highest BCUT2D eigenvalue weighted by Gasteiger charge is 2.43. The maximum atomic E-state index is 12.9. The first-order chi connectivity index (χ1) is 27.7. The first-order valence-electron chi connectivity index (χ1n) is 22.3. The van der Waals surface area contributed by atoms with Crippen LogP contribution in [0.2, 0.25) is 37.3 Å². The third-order valence-corrected chi connectivity index (χ3v) is 20.2. The van der Waals surface area contributed by atoms with Crippen LogP contribution in [-0.4, -0.2) is 88.8 Å². The third-order valence-electron chi connectivity index (χ3n) is 11.5. The van der Waals surface area contributed by atoms with Crippen molar-refractivity contribution in [1.82, 2.24) is 0 Å². The summed E-state index contributed by atoms with van der Waals surface area (Å²) in [6.45, 7) is 30.3. The number of carbonyl (C=O) groups is 4. The van der Waals surface area contributed by atoms with Crippen molar-refractivity contribution in [3.8, 4) is 0 Å². The van der Waals surface area contributed by atoms with Crippen LogP contribution in [-0.2, 0) is 47.0 Å². The van der Waals surface area contributed by atoms with Gasteiger partial charge in [0.15, 0.2) is 16.6 Å². The summed E-state index contributed by atoms with van der Waals surface area (Å²) >= 11 is 7.01. The zero-order chi connectivity index (χ0) is 46.3. The van der Waals surface area contributed by atoms with Crippen LogP contribution in [0, 0.1) is 10.8 Å². The highest BCUT2D eigenvalue weighted by molar-refractivity contribution is 9.10. The van der Waals surface area contributed by atoms with Gasteiger partial charge in [-0.15, -0.1) is 0 Å². The summed E-state index contributed by atoms with van der Waals surface area (Å²) in [4.78, 5) is 51.4. The van der Waals surface area contributed by atoms with Crippen LogP contribution >= 0.6 is 31.9 Å². The van der Waals surface area contributed by atoms with Crippen molar-refractivity contribution in [2.75, 3.05) is 39.6 Å². The fraction of sp³-hybridized carbons (Fsp3) is 0.826. The molecule has 0 rings (SSSR count). The van der Waals surface area contributed by atoms with Crippen molar-refractivity contribution >= 4 is 72.4 Å². The number of unbranched alkanes of at least 4 members (excludes halogenated alkanes) is 5. The van der Waals surface area contributed by atoms with E-state index in [2.05, 4.69) is 85.7 Å². The minimum absolute atomic E-state index is 0.186. The van der Waals surface area contributed by atoms with Crippen molar-refractivity contribution < 1.29 is 47.0 Å². The van der Waals surface area contributed by atoms with E-state index in [1.165, 1.54) is 0 Å². The number of allylic oxidation sites excluding steroid dienone is 2. The predicted molar refractivity (Wildman–Crippen MR) is 257 cm³/mol. The van der Waals surface area contributed by atoms with Gasteiger partial charge in [-0.1, -0.05) is 110 Å². The lowest BCUT2D eigenvalue weighted by Crippen LogP contribution is -2.40. The predicted octanol–water partition coefficient (Wildman–Crippen LogP) is 12.6. The fourth-order valence-electron chi connectivity index (χ4n) is 6.52. The third kappa shape index (κ3) is 23.9. The molecule has 0 aromatic rings. The van der Waals surface area contributed by atoms with E-state index in [9.17, 15) is 19.2 Å². The van der Waals surface area contributed by atoms with Gasteiger partial charge in [0, 0.05) is 26.1 Å². The van der Waals surface area contributed by atoms with Gasteiger partial charge < -0.3 is 27.8 Å². The zero-order valence-corrected chi connectivity index (χ0v) is 45.2. The van der Waals surface area contributed by atoms with E-state index in [4.69, 9.17) is 27.8 Å². The lowest BCUT2D eigenvalue weighted by Gasteiger charge is -2.30. The molecule has 0 aliphatic carbocycles. The van der Waals surface area contributed by atoms with E-state index < -0.39 is 48.1 Å². The summed E-state index contributed by atoms with van der Waals surface area (Å²) in [5.74, 6) is -1.52. The molecular formula is C46H84Br2O10Si2. The lowest BCUT2D eigenvalue weighted by molar-refractivity contribution is -0.156. The van der Waals surface area contributed by atoms with Gasteiger partial charge in [-0.05, 0) is 117 Å². The Morgan fingerprint density at radius 1 is 0.500 bits per heavy atom. The Labute approximate surface area is 384 Å². The number of hydrogen-bond donors (Lipinski definition) is 0. The number of rotatable bonds is 33. The van der Waals surface area contributed by atoms with Gasteiger partial charge in [-0.25, -0.2) is 0 Å². The van der Waals surface area contributed by atoms with Crippen LogP contribution in [0.25, 0.3) is 0 Å². The summed E-state index contributed by atoms with van der Waals surface area (Å²) in [5, 5.41) is 0. The van der Waals surface area contributed by atoms with Gasteiger partial charge in [0.1, 0.15) is 21.9 Å². The number of halogens is 2. The van der Waals surface area contributed by atoms with Crippen molar-refractivity contribution in [2.24, 2.45) is 10.8 Å². The van der Waals surface area contributed by atoms with Crippen molar-refractivity contribution in [3.05, 3.63) is 24.3 Å². The molecular weight excluding hydrogens is 928 g/mol. The van der Waals surface area contributed by atoms with E-state index in [0.717, 1.165) is 51.4 Å². The number of alkyl halides is 2. The second-order valence-electron chi connectivity index (χ2n) is 19.1. The van der Waals surface area contributed by atoms with Crippen LogP contribution in [0.15, 0.2) is 24.3 Å². The van der Waals surface area contributed by atoms with Gasteiger partial charge >= 0.3 is 23.9 Å². The van der Waals surface area contributed by atoms with E-state index in [0.29, 0.717) is 37.1 Å². The molecule has 0 heterocycles. The van der Waals surface area contributed by atoms with Crippen LogP contribution in [0.4, 0.5) is 0 Å². The summed E-state index contributed by atoms with van der Waals surface area (Å²) < 4.78 is 32.4. The van der Waals surface area contributed by atoms with E-state index in [1.807, 2.05) is 24.3 Å². The van der Waals surface area contributed by atoms with Gasteiger partial charge in [-0.3, -0.25) is 19.2 Å². The molecule has 0 saturated heterocycles. The molecule has 0 aliphatic heterocycles. The standard InChI is InChI=1S/C46H84Br2O10Si2/c1-15-37(3)59(11,12)57-33-27-31-55-41(51)45(9,47)35-43(5,6)39(49)53-29-25-23-21-19-17-18-20-22-24-26-30-54-40(50)44(7,8)36-46(10,48)42(52)56-32-28-34-58-60(13,14)38(4)16-2/h23-26,37-38H,15-22,27-36H2,1-14H3/b25-23+,26-24+. The molecule has 0 aromatic carbocycles. The largest absolute Gasteiger partial charge is 0.465 e. The molecule has 4 unspecified atom stereocenters. The number of hydrogen-bond acceptors (Lipinski definition) is 10. The topological polar surface area (TPSA) is 124 Å². The molecule has 0 saturated carbocycles. The Kier molecular flexibility index (Phi) is 27.8. The maximum Gasteiger partial charge on any atom is 0.322 e. The Bertz CT molecular complexity index is 1240. The molecule has 0 aliphatic rings. The van der Waals surface area contributed by atoms with Crippen LogP contribution in [0.5, 0.6) is 0 Å². The van der Waals surface area contributed by atoms with E-state index in [-0.39, 0.29) is 51.2 Å². The van der Waals surface area contributed by atoms with Crippen LogP contribution < -0.4 is 0 Å². The summed E-state index contributed by atoms with van der Waals surface area (Å²) in [5.41, 5.74) is -0.647. The van der Waals surface area contributed by atoms with Crippen LogP contribution in [0.3, 0.4) is 0 Å². The average Bonchev–Trinajstić information content (AvgIpc) is 3.15. The Balaban J connectivity index is 4.28. The molecule has 350 valence electrons. The normalized spacial score (nSPS) is 15.9. The molecule has 0 radical (unpaired) electrons. The van der Waals surface area contributed by atoms with Gasteiger partial charge in [-0.2, -0.15) is 0 Å². The number of ether oxygens (including phenoxy) is 4. The molecule has 10 nitrogen and oxygen atoms in total. The second-order valence-corrected chi connectivity index (χ2v) is 31.6. The highest BCUT2D eigenvalue weighted by Crippen LogP contribution is 2.37. The van der Waals surface area contributed by atoms with Crippen LogP contribution in [0.1, 0.15) is 146 Å². The van der Waals surface area contributed by atoms with Crippen molar-refractivity contribution in [3.63, 3.8) is 0 Å². The van der Waals surface area contributed by atoms with Gasteiger partial charge in [0.05, 0.1) is 24.0 Å². The molecule has 60 heavy (non-hydrogen) atoms. The minimum atomic E-state index is -1.74. The first-order valence-corrected chi connectivity index (χ1v) is 29.9. The monoisotopic (exact) mass is 1010 g/mol. The summed E-state index contributed by atoms with van der Waals surface area (Å²) in [7, 11) is -3.49. The smallest absolute Gasteiger partial charge is 0.322 e. The highest BCUT2D eigenvalue weighted by atomic mass is 79.9. The van der Waals surface area contributed by atoms with Gasteiger partial charge in [0.25, 0.3) is 0 Å². The van der Waals surface area contributed by atoms with E-state index in [1.54, 1.807) is 41.5 Å². The first kappa shape index (κ1) is 58.7. The molecule has 0 fully saturated rings. The Hall–Kier alpha value is -1.33. The average molecular weight is 1010 g/mol. The van der Waals surface area contributed by atoms with Crippen molar-refractivity contribution in [2.45, 2.75) is 192 Å². The fourth-order valence-corrected chi connectivity index (χ4v) is 12.0. The molecule has 4 atom stereocenters. The van der Waals surface area contributed by atoms with Crippen molar-refractivity contribution in [1.29, 1.82) is 0 Å². The quantitative estimate of drug-likeness (QED) is 0.0157. The molecule has 14 heteroatoms. The lowest BCUT2D eigenvalue weighted by atomic mass is 9.83. The van der Waals surface area contributed by atoms with Gasteiger partial charge in [0.2, 0.25) is 0 Å². The van der Waals surface area contributed by atoms with E-state index >= 15 is 0 Å². The SMILES string of the molecule is CCC(C)[Si](C)(C)OCCCOC(=O)C(C)(Br)CC(C)(C)C(=O)OC/C=C/CCCCCC/C=C/COC(=O)C(C)(C)CC(C)(Br)C(=O)OCCCO[Si](C)(C)C(C)CC. The Morgan fingerprint density at radius 2 is 0.833 bits per heavy atom. The minimum Gasteiger partial charge on any atom is -0.465 e. The zero-order valence-electron chi connectivity index (χ0n) is 40.0. The number of esters is 4. The maximum absolute atomic E-state index is 12.9. The number of carbonyl (C=O) groups excluding carboxylic acids is 4. The second kappa shape index (κ2) is 28.5. The molecule has 0 aromatic heterocycles. The molecule has 0 N–H and O–H groups in total. The summed E-state index contributed by atoms with van der Waals surface area (Å²) in [6, 6.07) is 0.